The Hall–Kier alpha value is -0.780. The van der Waals surface area contributed by atoms with E-state index in [4.69, 9.17) is 5.73 Å². The topological polar surface area (TPSA) is 55.1 Å². The van der Waals surface area contributed by atoms with E-state index in [0.29, 0.717) is 0 Å². The molecule has 0 radical (unpaired) electrons. The van der Waals surface area contributed by atoms with Crippen LogP contribution >= 0.6 is 11.9 Å². The molecule has 3 nitrogen and oxygen atoms in total. The highest BCUT2D eigenvalue weighted by atomic mass is 32.2. The number of allylic oxidation sites excluding steroid dienone is 1. The third kappa shape index (κ3) is 5.98. The molecule has 1 aliphatic rings. The van der Waals surface area contributed by atoms with Crippen molar-refractivity contribution in [2.75, 3.05) is 11.5 Å². The van der Waals surface area contributed by atoms with Gasteiger partial charge in [-0.1, -0.05) is 57.2 Å². The zero-order valence-corrected chi connectivity index (χ0v) is 15.6. The van der Waals surface area contributed by atoms with Crippen molar-refractivity contribution in [3.8, 4) is 0 Å². The number of nitrogen functional groups attached to an aromatic ring is 1. The summed E-state index contributed by atoms with van der Waals surface area (Å²) in [5.41, 5.74) is 9.34. The van der Waals surface area contributed by atoms with Gasteiger partial charge in [-0.15, -0.1) is 0 Å². The molecule has 0 aliphatic heterocycles. The number of aryl methyl sites for hydroxylation is 1. The van der Waals surface area contributed by atoms with E-state index in [1.54, 1.807) is 0 Å². The molecule has 1 atom stereocenters. The highest BCUT2D eigenvalue weighted by Gasteiger charge is 2.16. The lowest BCUT2D eigenvalue weighted by molar-refractivity contribution is 0.622. The minimum Gasteiger partial charge on any atom is -0.398 e. The van der Waals surface area contributed by atoms with Gasteiger partial charge in [0.15, 0.2) is 0 Å². The third-order valence-corrected chi connectivity index (χ3v) is 6.43. The molecule has 5 heteroatoms. The second-order valence-corrected chi connectivity index (χ2v) is 8.40. The Morgan fingerprint density at radius 1 is 1.22 bits per heavy atom. The van der Waals surface area contributed by atoms with Crippen molar-refractivity contribution in [2.24, 2.45) is 0 Å². The molecule has 3 N–H and O–H groups in total. The first kappa shape index (κ1) is 18.6. The van der Waals surface area contributed by atoms with Crippen LogP contribution in [0.2, 0.25) is 0 Å². The van der Waals surface area contributed by atoms with Crippen molar-refractivity contribution >= 4 is 33.5 Å². The van der Waals surface area contributed by atoms with Gasteiger partial charge in [0.1, 0.15) is 11.0 Å². The average Bonchev–Trinajstić information content (AvgIpc) is 2.56. The van der Waals surface area contributed by atoms with Gasteiger partial charge in [-0.25, -0.2) is 4.21 Å². The molecule has 1 aromatic rings. The lowest BCUT2D eigenvalue weighted by Crippen LogP contribution is -2.13. The summed E-state index contributed by atoms with van der Waals surface area (Å²) in [5, 5.41) is 0. The van der Waals surface area contributed by atoms with Crippen LogP contribution in [0.3, 0.4) is 0 Å². The minimum absolute atomic E-state index is 0.726. The molecule has 0 amide bonds. The van der Waals surface area contributed by atoms with Crippen LogP contribution in [-0.4, -0.2) is 9.96 Å². The summed E-state index contributed by atoms with van der Waals surface area (Å²) in [6.45, 7) is 2.22. The maximum atomic E-state index is 12.1. The van der Waals surface area contributed by atoms with Crippen LogP contribution in [0.4, 0.5) is 5.69 Å². The van der Waals surface area contributed by atoms with E-state index >= 15 is 0 Å². The first-order valence-corrected chi connectivity index (χ1v) is 10.7. The molecule has 0 bridgehead atoms. The fraction of sp³-hybridized carbons (Fsp3) is 0.556. The van der Waals surface area contributed by atoms with Crippen molar-refractivity contribution in [1.29, 1.82) is 0 Å². The van der Waals surface area contributed by atoms with Gasteiger partial charge in [0.25, 0.3) is 0 Å². The van der Waals surface area contributed by atoms with Crippen molar-refractivity contribution in [3.63, 3.8) is 0 Å². The Balaban J connectivity index is 1.74. The SMILES string of the molecule is CCCCCCCCS(=O)NSC1=CCCc2cccc(N)c21. The van der Waals surface area contributed by atoms with Crippen LogP contribution in [0.5, 0.6) is 0 Å². The van der Waals surface area contributed by atoms with Crippen LogP contribution in [-0.2, 0) is 17.4 Å². The normalized spacial score (nSPS) is 15.1. The van der Waals surface area contributed by atoms with E-state index < -0.39 is 11.0 Å². The number of hydrogen-bond donors (Lipinski definition) is 2. The zero-order valence-electron chi connectivity index (χ0n) is 14.0. The lowest BCUT2D eigenvalue weighted by Gasteiger charge is -2.19. The summed E-state index contributed by atoms with van der Waals surface area (Å²) >= 11 is 1.47. The lowest BCUT2D eigenvalue weighted by atomic mass is 9.96. The molecule has 0 aromatic heterocycles. The van der Waals surface area contributed by atoms with Crippen LogP contribution in [0, 0.1) is 0 Å². The van der Waals surface area contributed by atoms with Gasteiger partial charge in [0, 0.05) is 21.9 Å². The van der Waals surface area contributed by atoms with Crippen LogP contribution in [0.25, 0.3) is 4.91 Å². The number of anilines is 1. The second-order valence-electron chi connectivity index (χ2n) is 5.99. The zero-order chi connectivity index (χ0) is 16.5. The van der Waals surface area contributed by atoms with Gasteiger partial charge >= 0.3 is 0 Å². The summed E-state index contributed by atoms with van der Waals surface area (Å²) in [6.07, 6.45) is 11.6. The molecular weight excluding hydrogens is 324 g/mol. The molecule has 23 heavy (non-hydrogen) atoms. The first-order valence-electron chi connectivity index (χ1n) is 8.61. The Bertz CT molecular complexity index is 558. The van der Waals surface area contributed by atoms with E-state index in [2.05, 4.69) is 23.2 Å². The van der Waals surface area contributed by atoms with Crippen LogP contribution in [0.15, 0.2) is 24.3 Å². The van der Waals surface area contributed by atoms with Gasteiger partial charge in [-0.3, -0.25) is 0 Å². The van der Waals surface area contributed by atoms with Gasteiger partial charge in [0.2, 0.25) is 0 Å². The molecule has 2 rings (SSSR count). The highest BCUT2D eigenvalue weighted by Crippen LogP contribution is 2.36. The van der Waals surface area contributed by atoms with Crippen LogP contribution in [0.1, 0.15) is 63.0 Å². The predicted molar refractivity (Wildman–Crippen MR) is 104 cm³/mol. The third-order valence-electron chi connectivity index (χ3n) is 4.10. The van der Waals surface area contributed by atoms with Gasteiger partial charge < -0.3 is 5.73 Å². The fourth-order valence-corrected chi connectivity index (χ4v) is 4.91. The van der Waals surface area contributed by atoms with Gasteiger partial charge in [-0.2, -0.15) is 4.13 Å². The van der Waals surface area contributed by atoms with E-state index in [1.807, 2.05) is 12.1 Å². The highest BCUT2D eigenvalue weighted by molar-refractivity contribution is 8.13. The molecule has 128 valence electrons. The van der Waals surface area contributed by atoms with Crippen molar-refractivity contribution in [1.82, 2.24) is 4.13 Å². The first-order chi connectivity index (χ1) is 11.2. The summed E-state index contributed by atoms with van der Waals surface area (Å²) < 4.78 is 15.2. The molecule has 0 heterocycles. The molecule has 0 saturated heterocycles. The van der Waals surface area contributed by atoms with Crippen molar-refractivity contribution in [2.45, 2.75) is 58.3 Å². The van der Waals surface area contributed by atoms with E-state index in [9.17, 15) is 4.21 Å². The summed E-state index contributed by atoms with van der Waals surface area (Å²) in [4.78, 5) is 1.11. The summed E-state index contributed by atoms with van der Waals surface area (Å²) in [5.74, 6) is 0.726. The molecule has 1 aromatic carbocycles. The predicted octanol–water partition coefficient (Wildman–Crippen LogP) is 4.82. The smallest absolute Gasteiger partial charge is 0.102 e. The maximum Gasteiger partial charge on any atom is 0.102 e. The largest absolute Gasteiger partial charge is 0.398 e. The van der Waals surface area contributed by atoms with E-state index in [0.717, 1.165) is 41.2 Å². The molecule has 0 saturated carbocycles. The average molecular weight is 353 g/mol. The molecule has 0 spiro atoms. The maximum absolute atomic E-state index is 12.1. The monoisotopic (exact) mass is 352 g/mol. The minimum atomic E-state index is -0.981. The standard InChI is InChI=1S/C18H28N2OS2/c1-2-3-4-5-6-7-14-23(21)20-22-17-13-9-11-15-10-8-12-16(19)18(15)17/h8,10,12-13,20H,2-7,9,11,14,19H2,1H3. The number of hydrogen-bond acceptors (Lipinski definition) is 3. The Labute approximate surface area is 147 Å². The van der Waals surface area contributed by atoms with Crippen molar-refractivity contribution in [3.05, 3.63) is 35.4 Å². The summed E-state index contributed by atoms with van der Waals surface area (Å²) in [7, 11) is -0.981. The van der Waals surface area contributed by atoms with Gasteiger partial charge in [-0.05, 0) is 42.8 Å². The second kappa shape index (κ2) is 10.2. The molecular formula is C18H28N2OS2. The van der Waals surface area contributed by atoms with Crippen molar-refractivity contribution < 1.29 is 4.21 Å². The molecule has 1 aliphatic carbocycles. The molecule has 0 fully saturated rings. The Morgan fingerprint density at radius 2 is 2.00 bits per heavy atom. The Kier molecular flexibility index (Phi) is 8.20. The molecule has 1 unspecified atom stereocenters. The number of fused-ring (bicyclic) bond motifs is 1. The number of benzene rings is 1. The summed E-state index contributed by atoms with van der Waals surface area (Å²) in [6, 6.07) is 6.07. The number of nitrogens with two attached hydrogens (primary N) is 1. The van der Waals surface area contributed by atoms with Crippen LogP contribution < -0.4 is 9.86 Å². The number of rotatable bonds is 10. The quantitative estimate of drug-likeness (QED) is 0.361. The van der Waals surface area contributed by atoms with E-state index in [1.165, 1.54) is 49.6 Å². The number of unbranched alkanes of at least 4 members (excludes halogenated alkanes) is 5. The van der Waals surface area contributed by atoms with Gasteiger partial charge in [0.05, 0.1) is 0 Å². The van der Waals surface area contributed by atoms with E-state index in [-0.39, 0.29) is 0 Å². The Morgan fingerprint density at radius 3 is 2.83 bits per heavy atom. The fourth-order valence-electron chi connectivity index (χ4n) is 2.83. The number of nitrogens with one attached hydrogen (secondary N) is 1.